The number of carbonyl (C=O) groups excluding carboxylic acids is 1. The number of carboxylic acid groups (broad SMARTS) is 1. The van der Waals surface area contributed by atoms with Gasteiger partial charge in [-0.2, -0.15) is 0 Å². The van der Waals surface area contributed by atoms with Crippen LogP contribution in [0.1, 0.15) is 23.2 Å². The second kappa shape index (κ2) is 8.59. The number of fused-ring (bicyclic) bond motifs is 3. The summed E-state index contributed by atoms with van der Waals surface area (Å²) in [5.74, 6) is -0.305. The standard InChI is InChI=1S/C21H29N3O4/c25-20(26)13-22-10-16-11-24(19(12-22)15-28-14-16)18-6-8-23(9-7-18)21(27)17-4-2-1-3-5-17/h1-5,16,18-19H,6-15H2,(H,25,26)/t16-,19-/m0/s1. The number of aliphatic carboxylic acids is 1. The molecule has 3 heterocycles. The molecule has 0 radical (unpaired) electrons. The van der Waals surface area contributed by atoms with Gasteiger partial charge in [0.05, 0.1) is 19.8 Å². The molecule has 1 aromatic rings. The molecule has 3 aliphatic heterocycles. The number of hydrogen-bond acceptors (Lipinski definition) is 5. The van der Waals surface area contributed by atoms with Crippen molar-refractivity contribution in [3.63, 3.8) is 0 Å². The van der Waals surface area contributed by atoms with E-state index in [4.69, 9.17) is 4.74 Å². The zero-order valence-electron chi connectivity index (χ0n) is 16.2. The fourth-order valence-corrected chi connectivity index (χ4v) is 4.90. The number of nitrogens with zero attached hydrogens (tertiary/aromatic N) is 3. The van der Waals surface area contributed by atoms with Crippen LogP contribution in [0.25, 0.3) is 0 Å². The number of carbonyl (C=O) groups is 2. The highest BCUT2D eigenvalue weighted by Gasteiger charge is 2.38. The molecule has 0 saturated carbocycles. The minimum Gasteiger partial charge on any atom is -0.480 e. The summed E-state index contributed by atoms with van der Waals surface area (Å²) >= 11 is 0. The summed E-state index contributed by atoms with van der Waals surface area (Å²) in [6.45, 7) is 5.49. The van der Waals surface area contributed by atoms with E-state index < -0.39 is 5.97 Å². The number of amides is 1. The Labute approximate surface area is 165 Å². The van der Waals surface area contributed by atoms with Crippen LogP contribution in [0.2, 0.25) is 0 Å². The molecule has 0 spiro atoms. The first-order chi connectivity index (χ1) is 13.6. The number of rotatable bonds is 4. The molecule has 1 aromatic carbocycles. The van der Waals surface area contributed by atoms with Gasteiger partial charge < -0.3 is 14.7 Å². The Balaban J connectivity index is 1.38. The summed E-state index contributed by atoms with van der Waals surface area (Å²) in [6, 6.07) is 10.1. The third-order valence-corrected chi connectivity index (χ3v) is 6.19. The highest BCUT2D eigenvalue weighted by molar-refractivity contribution is 5.94. The lowest BCUT2D eigenvalue weighted by atomic mass is 9.99. The zero-order chi connectivity index (χ0) is 19.5. The summed E-state index contributed by atoms with van der Waals surface area (Å²) in [6.07, 6.45) is 1.92. The molecule has 3 saturated heterocycles. The fourth-order valence-electron chi connectivity index (χ4n) is 4.90. The van der Waals surface area contributed by atoms with Gasteiger partial charge in [-0.15, -0.1) is 0 Å². The first kappa shape index (κ1) is 19.4. The number of ether oxygens (including phenoxy) is 1. The molecule has 3 aliphatic rings. The Morgan fingerprint density at radius 3 is 2.46 bits per heavy atom. The van der Waals surface area contributed by atoms with Crippen molar-refractivity contribution in [2.24, 2.45) is 5.92 Å². The van der Waals surface area contributed by atoms with E-state index in [0.29, 0.717) is 25.2 Å². The minimum atomic E-state index is -0.764. The third kappa shape index (κ3) is 4.37. The van der Waals surface area contributed by atoms with Crippen LogP contribution in [0.3, 0.4) is 0 Å². The maximum absolute atomic E-state index is 12.7. The van der Waals surface area contributed by atoms with Crippen molar-refractivity contribution in [1.82, 2.24) is 14.7 Å². The maximum Gasteiger partial charge on any atom is 0.317 e. The van der Waals surface area contributed by atoms with Crippen molar-refractivity contribution in [3.8, 4) is 0 Å². The Morgan fingerprint density at radius 1 is 1.00 bits per heavy atom. The SMILES string of the molecule is O=C(O)CN1C[C@@H]2COC[C@H](C1)N(C1CCN(C(=O)c3ccccc3)CC1)C2. The average molecular weight is 387 g/mol. The summed E-state index contributed by atoms with van der Waals surface area (Å²) < 4.78 is 5.87. The summed E-state index contributed by atoms with van der Waals surface area (Å²) in [5, 5.41) is 9.19. The molecule has 152 valence electrons. The van der Waals surface area contributed by atoms with Crippen molar-refractivity contribution >= 4 is 11.9 Å². The normalized spacial score (nSPS) is 27.4. The molecular formula is C21H29N3O4. The highest BCUT2D eigenvalue weighted by atomic mass is 16.5. The number of likely N-dealkylation sites (tertiary alicyclic amines) is 1. The van der Waals surface area contributed by atoms with Gasteiger partial charge in [-0.3, -0.25) is 19.4 Å². The number of benzene rings is 1. The molecule has 0 aromatic heterocycles. The summed E-state index contributed by atoms with van der Waals surface area (Å²) in [7, 11) is 0. The van der Waals surface area contributed by atoms with Gasteiger partial charge in [0.1, 0.15) is 0 Å². The van der Waals surface area contributed by atoms with Crippen LogP contribution in [0.15, 0.2) is 30.3 Å². The zero-order valence-corrected chi connectivity index (χ0v) is 16.2. The van der Waals surface area contributed by atoms with Crippen LogP contribution in [0, 0.1) is 5.92 Å². The largest absolute Gasteiger partial charge is 0.480 e. The second-order valence-corrected chi connectivity index (χ2v) is 8.23. The first-order valence-electron chi connectivity index (χ1n) is 10.2. The second-order valence-electron chi connectivity index (χ2n) is 8.23. The van der Waals surface area contributed by atoms with Gasteiger partial charge in [0.2, 0.25) is 0 Å². The highest BCUT2D eigenvalue weighted by Crippen LogP contribution is 2.27. The predicted octanol–water partition coefficient (Wildman–Crippen LogP) is 1.01. The lowest BCUT2D eigenvalue weighted by Gasteiger charge is -2.41. The molecule has 4 rings (SSSR count). The molecule has 0 aliphatic carbocycles. The molecule has 2 bridgehead atoms. The Morgan fingerprint density at radius 2 is 1.75 bits per heavy atom. The number of hydrogen-bond donors (Lipinski definition) is 1. The lowest BCUT2D eigenvalue weighted by molar-refractivity contribution is -0.138. The van der Waals surface area contributed by atoms with Crippen LogP contribution in [0.5, 0.6) is 0 Å². The first-order valence-corrected chi connectivity index (χ1v) is 10.2. The number of piperidine rings is 1. The molecule has 28 heavy (non-hydrogen) atoms. The molecule has 0 unspecified atom stereocenters. The van der Waals surface area contributed by atoms with E-state index in [9.17, 15) is 14.7 Å². The van der Waals surface area contributed by atoms with Crippen LogP contribution >= 0.6 is 0 Å². The van der Waals surface area contributed by atoms with Gasteiger partial charge in [-0.05, 0) is 25.0 Å². The topological polar surface area (TPSA) is 73.3 Å². The Kier molecular flexibility index (Phi) is 5.94. The monoisotopic (exact) mass is 387 g/mol. The van der Waals surface area contributed by atoms with E-state index in [0.717, 1.165) is 51.1 Å². The smallest absolute Gasteiger partial charge is 0.317 e. The molecule has 2 atom stereocenters. The van der Waals surface area contributed by atoms with E-state index in [2.05, 4.69) is 9.80 Å². The van der Waals surface area contributed by atoms with E-state index in [1.807, 2.05) is 35.2 Å². The lowest BCUT2D eigenvalue weighted by Crippen LogP contribution is -2.53. The maximum atomic E-state index is 12.7. The minimum absolute atomic E-state index is 0.102. The summed E-state index contributed by atoms with van der Waals surface area (Å²) in [4.78, 5) is 30.4. The molecule has 1 N–H and O–H groups in total. The van der Waals surface area contributed by atoms with Crippen molar-refractivity contribution in [1.29, 1.82) is 0 Å². The van der Waals surface area contributed by atoms with Crippen LogP contribution < -0.4 is 0 Å². The van der Waals surface area contributed by atoms with Gasteiger partial charge in [0.25, 0.3) is 5.91 Å². The number of carboxylic acids is 1. The van der Waals surface area contributed by atoms with Crippen molar-refractivity contribution in [2.45, 2.75) is 24.9 Å². The van der Waals surface area contributed by atoms with E-state index >= 15 is 0 Å². The summed E-state index contributed by atoms with van der Waals surface area (Å²) in [5.41, 5.74) is 0.754. The van der Waals surface area contributed by atoms with Crippen molar-refractivity contribution in [2.75, 3.05) is 52.5 Å². The molecule has 1 amide bonds. The van der Waals surface area contributed by atoms with Crippen LogP contribution in [-0.2, 0) is 9.53 Å². The Bertz CT molecular complexity index is 690. The van der Waals surface area contributed by atoms with Gasteiger partial charge in [0, 0.05) is 56.3 Å². The van der Waals surface area contributed by atoms with Crippen molar-refractivity contribution < 1.29 is 19.4 Å². The van der Waals surface area contributed by atoms with Crippen LogP contribution in [0.4, 0.5) is 0 Å². The van der Waals surface area contributed by atoms with Gasteiger partial charge in [0.15, 0.2) is 0 Å². The van der Waals surface area contributed by atoms with Gasteiger partial charge in [-0.1, -0.05) is 18.2 Å². The molecular weight excluding hydrogens is 358 g/mol. The molecule has 3 fully saturated rings. The average Bonchev–Trinajstić information content (AvgIpc) is 2.98. The molecule has 7 heteroatoms. The quantitative estimate of drug-likeness (QED) is 0.831. The fraction of sp³-hybridized carbons (Fsp3) is 0.619. The van der Waals surface area contributed by atoms with Crippen molar-refractivity contribution in [3.05, 3.63) is 35.9 Å². The Hall–Kier alpha value is -1.96. The predicted molar refractivity (Wildman–Crippen MR) is 104 cm³/mol. The van der Waals surface area contributed by atoms with Crippen LogP contribution in [-0.4, -0.2) is 96.2 Å². The van der Waals surface area contributed by atoms with E-state index in [1.54, 1.807) is 0 Å². The van der Waals surface area contributed by atoms with Gasteiger partial charge in [-0.25, -0.2) is 0 Å². The molecule has 7 nitrogen and oxygen atoms in total. The third-order valence-electron chi connectivity index (χ3n) is 6.19. The van der Waals surface area contributed by atoms with E-state index in [1.165, 1.54) is 0 Å². The van der Waals surface area contributed by atoms with E-state index in [-0.39, 0.29) is 18.5 Å². The van der Waals surface area contributed by atoms with Gasteiger partial charge >= 0.3 is 5.97 Å².